The normalized spacial score (nSPS) is 10.6. The monoisotopic (exact) mass is 501 g/mol. The van der Waals surface area contributed by atoms with Gasteiger partial charge in [-0.2, -0.15) is 0 Å². The molecule has 37 heavy (non-hydrogen) atoms. The molecule has 1 amide bonds. The van der Waals surface area contributed by atoms with E-state index in [-0.39, 0.29) is 12.4 Å². The van der Waals surface area contributed by atoms with E-state index in [2.05, 4.69) is 49.2 Å². The van der Waals surface area contributed by atoms with Crippen LogP contribution in [0.1, 0.15) is 18.3 Å². The Morgan fingerprint density at radius 1 is 1.16 bits per heavy atom. The van der Waals surface area contributed by atoms with Crippen molar-refractivity contribution in [1.82, 2.24) is 19.5 Å². The maximum absolute atomic E-state index is 12.3. The summed E-state index contributed by atoms with van der Waals surface area (Å²) in [6, 6.07) is 18.1. The van der Waals surface area contributed by atoms with Crippen LogP contribution in [0.15, 0.2) is 60.8 Å². The molecule has 2 aromatic carbocycles. The summed E-state index contributed by atoms with van der Waals surface area (Å²) in [7, 11) is 1.66. The Morgan fingerprint density at radius 2 is 1.92 bits per heavy atom. The van der Waals surface area contributed by atoms with Crippen molar-refractivity contribution in [2.75, 3.05) is 17.7 Å². The Hall–Kier alpha value is -4.93. The van der Waals surface area contributed by atoms with E-state index >= 15 is 0 Å². The number of nitrogen functional groups attached to an aromatic ring is 1. The number of rotatable bonds is 8. The summed E-state index contributed by atoms with van der Waals surface area (Å²) in [4.78, 5) is 34.0. The number of carboxylic acid groups (broad SMARTS) is 1. The zero-order valence-corrected chi connectivity index (χ0v) is 20.5. The van der Waals surface area contributed by atoms with E-state index in [1.165, 1.54) is 4.90 Å². The van der Waals surface area contributed by atoms with E-state index in [0.29, 0.717) is 30.1 Å². The lowest BCUT2D eigenvalue weighted by molar-refractivity contribution is -0.671. The first-order chi connectivity index (χ1) is 18.0. The molecule has 0 aliphatic carbocycles. The number of nitrogens with two attached hydrogens (primary N) is 1. The van der Waals surface area contributed by atoms with Crippen LogP contribution >= 0.6 is 0 Å². The van der Waals surface area contributed by atoms with Gasteiger partial charge in [0.15, 0.2) is 28.3 Å². The molecule has 11 nitrogen and oxygen atoms in total. The second-order valence-electron chi connectivity index (χ2n) is 8.06. The zero-order chi connectivity index (χ0) is 26.4. The average molecular weight is 502 g/mol. The van der Waals surface area contributed by atoms with Crippen molar-refractivity contribution in [2.24, 2.45) is 0 Å². The first kappa shape index (κ1) is 25.2. The summed E-state index contributed by atoms with van der Waals surface area (Å²) in [5.74, 6) is 2.24. The summed E-state index contributed by atoms with van der Waals surface area (Å²) >= 11 is 0. The van der Waals surface area contributed by atoms with Gasteiger partial charge < -0.3 is 25.4 Å². The van der Waals surface area contributed by atoms with Crippen molar-refractivity contribution in [3.63, 3.8) is 0 Å². The van der Waals surface area contributed by atoms with E-state index in [4.69, 9.17) is 20.4 Å². The number of hydrogen-bond donors (Lipinski definition) is 2. The predicted octanol–water partition coefficient (Wildman–Crippen LogP) is 1.39. The summed E-state index contributed by atoms with van der Waals surface area (Å²) < 4.78 is 9.90. The Labute approximate surface area is 212 Å². The van der Waals surface area contributed by atoms with Crippen LogP contribution < -0.4 is 25.0 Å². The third-order valence-electron chi connectivity index (χ3n) is 5.99. The topological polar surface area (TPSA) is 146 Å². The molecule has 0 saturated carbocycles. The van der Waals surface area contributed by atoms with Gasteiger partial charge >= 0.3 is 0 Å². The van der Waals surface area contributed by atoms with Gasteiger partial charge in [0.05, 0.1) is 13.7 Å². The number of carbonyl (C=O) groups is 2. The SMILES string of the molecule is CCn1c(CN(C=O)c2nc3cc[nH]c3nc2N)[n+](Cc2ccccc2)c2ccc(OC)cc21.O=C[O-]. The molecule has 0 saturated heterocycles. The van der Waals surface area contributed by atoms with Gasteiger partial charge in [-0.3, -0.25) is 9.69 Å². The Morgan fingerprint density at radius 3 is 2.59 bits per heavy atom. The third kappa shape index (κ3) is 5.06. The van der Waals surface area contributed by atoms with Crippen LogP contribution in [0, 0.1) is 0 Å². The summed E-state index contributed by atoms with van der Waals surface area (Å²) in [6.07, 6.45) is 2.50. The number of aromatic nitrogens is 5. The van der Waals surface area contributed by atoms with Gasteiger partial charge in [0.25, 0.3) is 5.82 Å². The fourth-order valence-electron chi connectivity index (χ4n) is 4.36. The molecule has 0 spiro atoms. The fourth-order valence-corrected chi connectivity index (χ4v) is 4.36. The number of methoxy groups -OCH3 is 1. The number of ether oxygens (including phenoxy) is 1. The van der Waals surface area contributed by atoms with E-state index in [1.807, 2.05) is 30.3 Å². The molecule has 5 aromatic rings. The van der Waals surface area contributed by atoms with Crippen molar-refractivity contribution < 1.29 is 24.0 Å². The number of carbonyl (C=O) groups excluding carboxylic acids is 2. The van der Waals surface area contributed by atoms with Crippen LogP contribution in [-0.4, -0.2) is 39.5 Å². The molecular formula is C26H27N7O4. The molecule has 11 heteroatoms. The van der Waals surface area contributed by atoms with E-state index in [1.54, 1.807) is 19.4 Å². The summed E-state index contributed by atoms with van der Waals surface area (Å²) in [6.45, 7) is 3.22. The molecule has 0 unspecified atom stereocenters. The number of anilines is 2. The molecule has 0 radical (unpaired) electrons. The number of H-pyrrole nitrogens is 1. The molecule has 190 valence electrons. The second kappa shape index (κ2) is 11.2. The van der Waals surface area contributed by atoms with E-state index in [0.717, 1.165) is 34.6 Å². The minimum absolute atomic E-state index is 0.192. The first-order valence-electron chi connectivity index (χ1n) is 11.6. The highest BCUT2D eigenvalue weighted by atomic mass is 16.5. The number of aryl methyl sites for hydroxylation is 1. The lowest BCUT2D eigenvalue weighted by atomic mass is 10.2. The standard InChI is InChI=1S/C25H26N7O2.CH2O2/c1-3-31-21-13-18(34-2)9-10-20(21)32(14-17-7-5-4-6-8-17)22(31)15-30(16-33)25-23(26)29-24-19(28-25)11-12-27-24;2-1-3/h4-13,16H,3,14-15H2,1-2H3,(H3,26,27,29);1H,(H,2,3)/q+1;/p-1. The van der Waals surface area contributed by atoms with Crippen LogP contribution in [0.4, 0.5) is 11.6 Å². The number of imidazole rings is 1. The highest BCUT2D eigenvalue weighted by Crippen LogP contribution is 2.25. The molecule has 0 aliphatic heterocycles. The number of benzene rings is 2. The van der Waals surface area contributed by atoms with Crippen LogP contribution in [0.3, 0.4) is 0 Å². The summed E-state index contributed by atoms with van der Waals surface area (Å²) in [5.41, 5.74) is 10.7. The van der Waals surface area contributed by atoms with E-state index < -0.39 is 6.47 Å². The minimum atomic E-state index is -0.500. The number of nitrogens with zero attached hydrogens (tertiary/aromatic N) is 5. The molecule has 3 N–H and O–H groups in total. The molecular weight excluding hydrogens is 474 g/mol. The first-order valence-corrected chi connectivity index (χ1v) is 11.6. The Kier molecular flexibility index (Phi) is 7.62. The van der Waals surface area contributed by atoms with Gasteiger partial charge in [-0.25, -0.2) is 19.1 Å². The van der Waals surface area contributed by atoms with Crippen LogP contribution in [0.25, 0.3) is 22.2 Å². The Balaban J connectivity index is 0.00000102. The lowest BCUT2D eigenvalue weighted by Crippen LogP contribution is -2.41. The fraction of sp³-hybridized carbons (Fsp3) is 0.192. The minimum Gasteiger partial charge on any atom is -0.554 e. The molecule has 0 bridgehead atoms. The predicted molar refractivity (Wildman–Crippen MR) is 137 cm³/mol. The van der Waals surface area contributed by atoms with Crippen molar-refractivity contribution in [3.05, 3.63) is 72.2 Å². The van der Waals surface area contributed by atoms with Crippen molar-refractivity contribution in [2.45, 2.75) is 26.6 Å². The molecule has 0 atom stereocenters. The van der Waals surface area contributed by atoms with Crippen molar-refractivity contribution >= 4 is 46.7 Å². The average Bonchev–Trinajstić information content (AvgIpc) is 3.49. The maximum atomic E-state index is 12.3. The number of hydrogen-bond acceptors (Lipinski definition) is 7. The Bertz CT molecular complexity index is 1530. The maximum Gasteiger partial charge on any atom is 0.278 e. The van der Waals surface area contributed by atoms with Gasteiger partial charge in [-0.15, -0.1) is 0 Å². The van der Waals surface area contributed by atoms with Gasteiger partial charge in [0.2, 0.25) is 6.41 Å². The smallest absolute Gasteiger partial charge is 0.278 e. The van der Waals surface area contributed by atoms with Crippen LogP contribution in [-0.2, 0) is 29.2 Å². The molecule has 0 fully saturated rings. The van der Waals surface area contributed by atoms with Crippen molar-refractivity contribution in [1.29, 1.82) is 0 Å². The molecule has 3 aromatic heterocycles. The second-order valence-corrected chi connectivity index (χ2v) is 8.06. The lowest BCUT2D eigenvalue weighted by Gasteiger charge is -2.17. The summed E-state index contributed by atoms with van der Waals surface area (Å²) in [5, 5.41) is 8.25. The molecule has 0 aliphatic rings. The van der Waals surface area contributed by atoms with E-state index in [9.17, 15) is 4.79 Å². The zero-order valence-electron chi connectivity index (χ0n) is 20.5. The number of aromatic amines is 1. The van der Waals surface area contributed by atoms with Gasteiger partial charge in [-0.1, -0.05) is 30.3 Å². The van der Waals surface area contributed by atoms with Gasteiger partial charge in [0, 0.05) is 18.7 Å². The molecule has 3 heterocycles. The van der Waals surface area contributed by atoms with Gasteiger partial charge in [-0.05, 0) is 30.7 Å². The highest BCUT2D eigenvalue weighted by molar-refractivity contribution is 5.84. The van der Waals surface area contributed by atoms with Crippen LogP contribution in [0.2, 0.25) is 0 Å². The number of fused-ring (bicyclic) bond motifs is 2. The quantitative estimate of drug-likeness (QED) is 0.241. The van der Waals surface area contributed by atoms with Crippen molar-refractivity contribution in [3.8, 4) is 5.75 Å². The molecule has 5 rings (SSSR count). The largest absolute Gasteiger partial charge is 0.554 e. The highest BCUT2D eigenvalue weighted by Gasteiger charge is 2.28. The van der Waals surface area contributed by atoms with Crippen LogP contribution in [0.5, 0.6) is 5.75 Å². The third-order valence-corrected chi connectivity index (χ3v) is 5.99. The number of nitrogens with one attached hydrogen (secondary N) is 1. The van der Waals surface area contributed by atoms with Gasteiger partial charge in [0.1, 0.15) is 24.4 Å². The number of amides is 1.